The van der Waals surface area contributed by atoms with E-state index < -0.39 is 5.41 Å². The van der Waals surface area contributed by atoms with Gasteiger partial charge in [-0.3, -0.25) is 4.79 Å². The van der Waals surface area contributed by atoms with Gasteiger partial charge in [0.15, 0.2) is 5.58 Å². The molecule has 2 aliphatic heterocycles. The third-order valence-electron chi connectivity index (χ3n) is 6.51. The Morgan fingerprint density at radius 3 is 2.67 bits per heavy atom. The van der Waals surface area contributed by atoms with Gasteiger partial charge in [-0.1, -0.05) is 42.5 Å². The summed E-state index contributed by atoms with van der Waals surface area (Å²) in [5.41, 5.74) is 2.23. The number of ether oxygens (including phenoxy) is 1. The van der Waals surface area contributed by atoms with E-state index in [-0.39, 0.29) is 11.9 Å². The number of oxazole rings is 1. The van der Waals surface area contributed by atoms with E-state index >= 15 is 0 Å². The van der Waals surface area contributed by atoms with E-state index in [1.165, 1.54) is 0 Å². The minimum absolute atomic E-state index is 0.0985. The summed E-state index contributed by atoms with van der Waals surface area (Å²) in [4.78, 5) is 20.3. The number of para-hydroxylation sites is 2. The highest BCUT2D eigenvalue weighted by Crippen LogP contribution is 2.35. The molecule has 3 aromatic rings. The first-order chi connectivity index (χ1) is 14.8. The fourth-order valence-corrected chi connectivity index (χ4v) is 4.79. The number of carbonyl (C=O) groups is 1. The Kier molecular flexibility index (Phi) is 5.17. The van der Waals surface area contributed by atoms with Crippen LogP contribution < -0.4 is 10.2 Å². The minimum Gasteiger partial charge on any atom is -0.423 e. The molecule has 1 aromatic heterocycles. The first kappa shape index (κ1) is 19.1. The van der Waals surface area contributed by atoms with Crippen LogP contribution in [0, 0.1) is 0 Å². The van der Waals surface area contributed by atoms with Gasteiger partial charge in [-0.15, -0.1) is 0 Å². The number of nitrogens with one attached hydrogen (secondary N) is 1. The van der Waals surface area contributed by atoms with Crippen LogP contribution in [0.15, 0.2) is 59.0 Å². The van der Waals surface area contributed by atoms with Gasteiger partial charge in [-0.05, 0) is 43.4 Å². The molecule has 0 spiro atoms. The molecule has 30 heavy (non-hydrogen) atoms. The van der Waals surface area contributed by atoms with E-state index in [0.717, 1.165) is 36.0 Å². The Morgan fingerprint density at radius 1 is 1.10 bits per heavy atom. The van der Waals surface area contributed by atoms with Crippen molar-refractivity contribution < 1.29 is 13.9 Å². The second-order valence-corrected chi connectivity index (χ2v) is 8.22. The molecule has 6 heteroatoms. The Balaban J connectivity index is 1.32. The van der Waals surface area contributed by atoms with Gasteiger partial charge < -0.3 is 19.4 Å². The van der Waals surface area contributed by atoms with Gasteiger partial charge >= 0.3 is 0 Å². The molecular weight excluding hydrogens is 378 g/mol. The van der Waals surface area contributed by atoms with Gasteiger partial charge in [0, 0.05) is 26.3 Å². The molecular formula is C24H27N3O3. The predicted octanol–water partition coefficient (Wildman–Crippen LogP) is 3.66. The number of rotatable bonds is 5. The zero-order chi connectivity index (χ0) is 20.4. The Bertz CT molecular complexity index is 978. The molecule has 6 nitrogen and oxygen atoms in total. The van der Waals surface area contributed by atoms with Gasteiger partial charge in [0.25, 0.3) is 6.01 Å². The molecule has 1 atom stereocenters. The summed E-state index contributed by atoms with van der Waals surface area (Å²) in [6, 6.07) is 18.8. The van der Waals surface area contributed by atoms with Crippen LogP contribution in [0.3, 0.4) is 0 Å². The average molecular weight is 405 g/mol. The fourth-order valence-electron chi connectivity index (χ4n) is 4.79. The summed E-state index contributed by atoms with van der Waals surface area (Å²) in [5.74, 6) is 0.0985. The third-order valence-corrected chi connectivity index (χ3v) is 6.51. The largest absolute Gasteiger partial charge is 0.423 e. The number of benzene rings is 2. The van der Waals surface area contributed by atoms with Crippen LogP contribution in [0.1, 0.15) is 31.2 Å². The number of aromatic nitrogens is 1. The lowest BCUT2D eigenvalue weighted by Crippen LogP contribution is -2.51. The van der Waals surface area contributed by atoms with Gasteiger partial charge in [0.2, 0.25) is 5.91 Å². The molecule has 156 valence electrons. The summed E-state index contributed by atoms with van der Waals surface area (Å²) in [6.07, 6.45) is 3.50. The lowest BCUT2D eigenvalue weighted by molar-refractivity contribution is -0.130. The molecule has 1 amide bonds. The van der Waals surface area contributed by atoms with Crippen molar-refractivity contribution in [2.24, 2.45) is 0 Å². The van der Waals surface area contributed by atoms with E-state index in [1.54, 1.807) is 0 Å². The zero-order valence-corrected chi connectivity index (χ0v) is 17.0. The molecule has 2 aromatic carbocycles. The quantitative estimate of drug-likeness (QED) is 0.702. The van der Waals surface area contributed by atoms with E-state index in [1.807, 2.05) is 42.5 Å². The third kappa shape index (κ3) is 3.45. The zero-order valence-electron chi connectivity index (χ0n) is 17.0. The van der Waals surface area contributed by atoms with Crippen LogP contribution in [-0.2, 0) is 14.9 Å². The van der Waals surface area contributed by atoms with Crippen molar-refractivity contribution in [1.82, 2.24) is 10.3 Å². The molecule has 1 unspecified atom stereocenters. The highest BCUT2D eigenvalue weighted by molar-refractivity contribution is 5.88. The van der Waals surface area contributed by atoms with E-state index in [4.69, 9.17) is 9.15 Å². The lowest BCUT2D eigenvalue weighted by atomic mass is 9.73. The van der Waals surface area contributed by atoms with Crippen molar-refractivity contribution in [2.75, 3.05) is 31.2 Å². The van der Waals surface area contributed by atoms with Crippen LogP contribution in [0.2, 0.25) is 0 Å². The van der Waals surface area contributed by atoms with Crippen molar-refractivity contribution >= 4 is 23.0 Å². The summed E-state index contributed by atoms with van der Waals surface area (Å²) in [5, 5.41) is 3.26. The molecule has 5 rings (SSSR count). The number of carbonyl (C=O) groups excluding carboxylic acids is 1. The maximum absolute atomic E-state index is 13.4. The maximum Gasteiger partial charge on any atom is 0.298 e. The number of amides is 1. The van der Waals surface area contributed by atoms with Gasteiger partial charge in [-0.2, -0.15) is 4.98 Å². The standard InChI is InChI=1S/C24H27N3O3/c28-22(24(12-15-29-16-13-24)18-7-2-1-3-8-18)25-17-19-9-6-14-27(19)23-26-20-10-4-5-11-21(20)30-23/h1-5,7-8,10-11,19H,6,9,12-17H2,(H,25,28). The van der Waals surface area contributed by atoms with Gasteiger partial charge in [0.05, 0.1) is 11.5 Å². The minimum atomic E-state index is -0.513. The van der Waals surface area contributed by atoms with Crippen LogP contribution in [0.25, 0.3) is 11.1 Å². The van der Waals surface area contributed by atoms with Crippen molar-refractivity contribution in [1.29, 1.82) is 0 Å². The molecule has 3 heterocycles. The summed E-state index contributed by atoms with van der Waals surface area (Å²) in [6.45, 7) is 2.71. The first-order valence-corrected chi connectivity index (χ1v) is 10.8. The van der Waals surface area contributed by atoms with Gasteiger partial charge in [-0.25, -0.2) is 0 Å². The smallest absolute Gasteiger partial charge is 0.298 e. The Hall–Kier alpha value is -2.86. The van der Waals surface area contributed by atoms with Gasteiger partial charge in [0.1, 0.15) is 5.52 Å². The lowest BCUT2D eigenvalue weighted by Gasteiger charge is -2.37. The van der Waals surface area contributed by atoms with E-state index in [9.17, 15) is 4.79 Å². The van der Waals surface area contributed by atoms with Crippen LogP contribution in [0.5, 0.6) is 0 Å². The first-order valence-electron chi connectivity index (χ1n) is 10.8. The highest BCUT2D eigenvalue weighted by atomic mass is 16.5. The monoisotopic (exact) mass is 405 g/mol. The van der Waals surface area contributed by atoms with Crippen LogP contribution >= 0.6 is 0 Å². The van der Waals surface area contributed by atoms with Crippen molar-refractivity contribution in [2.45, 2.75) is 37.1 Å². The summed E-state index contributed by atoms with van der Waals surface area (Å²) in [7, 11) is 0. The molecule has 0 bridgehead atoms. The highest BCUT2D eigenvalue weighted by Gasteiger charge is 2.42. The number of hydrogen-bond acceptors (Lipinski definition) is 5. The average Bonchev–Trinajstić information content (AvgIpc) is 3.45. The van der Waals surface area contributed by atoms with Crippen molar-refractivity contribution in [3.63, 3.8) is 0 Å². The van der Waals surface area contributed by atoms with Crippen molar-refractivity contribution in [3.05, 3.63) is 60.2 Å². The van der Waals surface area contributed by atoms with Crippen LogP contribution in [-0.4, -0.2) is 43.2 Å². The second-order valence-electron chi connectivity index (χ2n) is 8.22. The Labute approximate surface area is 176 Å². The maximum atomic E-state index is 13.4. The number of nitrogens with zero attached hydrogens (tertiary/aromatic N) is 2. The molecule has 0 saturated carbocycles. The topological polar surface area (TPSA) is 67.6 Å². The van der Waals surface area contributed by atoms with E-state index in [2.05, 4.69) is 27.3 Å². The van der Waals surface area contributed by atoms with Crippen molar-refractivity contribution in [3.8, 4) is 0 Å². The number of fused-ring (bicyclic) bond motifs is 1. The summed E-state index contributed by atoms with van der Waals surface area (Å²) >= 11 is 0. The predicted molar refractivity (Wildman–Crippen MR) is 116 cm³/mol. The molecule has 0 aliphatic carbocycles. The molecule has 1 N–H and O–H groups in total. The molecule has 2 aliphatic rings. The Morgan fingerprint density at radius 2 is 1.87 bits per heavy atom. The van der Waals surface area contributed by atoms with E-state index in [0.29, 0.717) is 38.6 Å². The molecule has 2 fully saturated rings. The molecule has 0 radical (unpaired) electrons. The van der Waals surface area contributed by atoms with Crippen LogP contribution in [0.4, 0.5) is 6.01 Å². The summed E-state index contributed by atoms with van der Waals surface area (Å²) < 4.78 is 11.5. The normalized spacial score (nSPS) is 21.1. The number of anilines is 1. The number of hydrogen-bond donors (Lipinski definition) is 1. The fraction of sp³-hybridized carbons (Fsp3) is 0.417. The molecule has 2 saturated heterocycles. The second kappa shape index (κ2) is 8.11. The SMILES string of the molecule is O=C(NCC1CCCN1c1nc2ccccc2o1)C1(c2ccccc2)CCOCC1.